The van der Waals surface area contributed by atoms with Gasteiger partial charge in [-0.2, -0.15) is 0 Å². The van der Waals surface area contributed by atoms with Crippen LogP contribution in [-0.2, 0) is 24.5 Å². The van der Waals surface area contributed by atoms with Gasteiger partial charge in [0.05, 0.1) is 18.8 Å². The molecule has 1 aliphatic heterocycles. The minimum Gasteiger partial charge on any atom is -0.382 e. The average Bonchev–Trinajstić information content (AvgIpc) is 2.55. The van der Waals surface area contributed by atoms with Crippen LogP contribution in [0.3, 0.4) is 0 Å². The highest BCUT2D eigenvalue weighted by atomic mass is 19.1. The molecule has 134 valence electrons. The number of methoxy groups -OCH3 is 1. The standard InChI is InChI=1S/C17H23F2NO4/c1-12(24-10-9-22-2)16(21)20-17(5-7-23-8-6-17)14-4-3-13(18)11-15(14)19/h3-4,11-12H,5-10H2,1-2H3,(H,20,21). The van der Waals surface area contributed by atoms with Crippen LogP contribution in [0.1, 0.15) is 25.3 Å². The van der Waals surface area contributed by atoms with E-state index in [0.29, 0.717) is 32.7 Å². The molecule has 7 heteroatoms. The maximum absolute atomic E-state index is 14.3. The second-order valence-corrected chi connectivity index (χ2v) is 5.81. The molecular formula is C17H23F2NO4. The number of nitrogens with one attached hydrogen (secondary N) is 1. The molecule has 1 aromatic rings. The number of hydrogen-bond acceptors (Lipinski definition) is 4. The van der Waals surface area contributed by atoms with Crippen LogP contribution in [-0.4, -0.2) is 45.5 Å². The van der Waals surface area contributed by atoms with Crippen molar-refractivity contribution in [3.63, 3.8) is 0 Å². The molecule has 24 heavy (non-hydrogen) atoms. The summed E-state index contributed by atoms with van der Waals surface area (Å²) in [5, 5.41) is 2.89. The molecule has 1 N–H and O–H groups in total. The lowest BCUT2D eigenvalue weighted by molar-refractivity contribution is -0.136. The minimum absolute atomic E-state index is 0.268. The van der Waals surface area contributed by atoms with Gasteiger partial charge in [0.2, 0.25) is 5.91 Å². The lowest BCUT2D eigenvalue weighted by atomic mass is 9.82. The SMILES string of the molecule is COCCOC(C)C(=O)NC1(c2ccc(F)cc2F)CCOCC1. The highest BCUT2D eigenvalue weighted by Gasteiger charge is 2.39. The predicted octanol–water partition coefficient (Wildman–Crippen LogP) is 2.14. The number of benzene rings is 1. The molecule has 0 aromatic heterocycles. The van der Waals surface area contributed by atoms with Gasteiger partial charge < -0.3 is 19.5 Å². The van der Waals surface area contributed by atoms with Crippen molar-refractivity contribution in [3.05, 3.63) is 35.4 Å². The molecular weight excluding hydrogens is 320 g/mol. The van der Waals surface area contributed by atoms with E-state index in [1.165, 1.54) is 12.1 Å². The van der Waals surface area contributed by atoms with Gasteiger partial charge >= 0.3 is 0 Å². The summed E-state index contributed by atoms with van der Waals surface area (Å²) in [5.41, 5.74) is -0.656. The van der Waals surface area contributed by atoms with Crippen molar-refractivity contribution in [3.8, 4) is 0 Å². The van der Waals surface area contributed by atoms with Gasteiger partial charge in [0.15, 0.2) is 0 Å². The van der Waals surface area contributed by atoms with Gasteiger partial charge in [0.1, 0.15) is 17.7 Å². The third kappa shape index (κ3) is 4.49. The lowest BCUT2D eigenvalue weighted by Crippen LogP contribution is -2.52. The van der Waals surface area contributed by atoms with Gasteiger partial charge in [0.25, 0.3) is 0 Å². The fourth-order valence-electron chi connectivity index (χ4n) is 2.78. The van der Waals surface area contributed by atoms with Crippen molar-refractivity contribution in [2.75, 3.05) is 33.5 Å². The predicted molar refractivity (Wildman–Crippen MR) is 83.5 cm³/mol. The average molecular weight is 343 g/mol. The van der Waals surface area contributed by atoms with Crippen LogP contribution in [0, 0.1) is 11.6 Å². The zero-order chi connectivity index (χ0) is 17.6. The van der Waals surface area contributed by atoms with Crippen LogP contribution >= 0.6 is 0 Å². The quantitative estimate of drug-likeness (QED) is 0.771. The molecule has 5 nitrogen and oxygen atoms in total. The van der Waals surface area contributed by atoms with E-state index in [1.54, 1.807) is 14.0 Å². The fourth-order valence-corrected chi connectivity index (χ4v) is 2.78. The molecule has 0 aliphatic carbocycles. The van der Waals surface area contributed by atoms with Crippen molar-refractivity contribution in [1.82, 2.24) is 5.32 Å². The largest absolute Gasteiger partial charge is 0.382 e. The molecule has 1 heterocycles. The first-order valence-corrected chi connectivity index (χ1v) is 7.94. The summed E-state index contributed by atoms with van der Waals surface area (Å²) in [4.78, 5) is 12.4. The molecule has 1 atom stereocenters. The van der Waals surface area contributed by atoms with E-state index in [0.717, 1.165) is 6.07 Å². The first-order valence-electron chi connectivity index (χ1n) is 7.94. The number of amides is 1. The topological polar surface area (TPSA) is 56.8 Å². The molecule has 1 aliphatic rings. The molecule has 1 amide bonds. The van der Waals surface area contributed by atoms with Crippen molar-refractivity contribution in [2.45, 2.75) is 31.4 Å². The molecule has 0 bridgehead atoms. The summed E-state index contributed by atoms with van der Waals surface area (Å²) in [6, 6.07) is 3.41. The Balaban J connectivity index is 2.17. The van der Waals surface area contributed by atoms with Crippen LogP contribution < -0.4 is 5.32 Å². The number of hydrogen-bond donors (Lipinski definition) is 1. The van der Waals surface area contributed by atoms with Crippen molar-refractivity contribution < 1.29 is 27.8 Å². The molecule has 0 spiro atoms. The summed E-state index contributed by atoms with van der Waals surface area (Å²) in [7, 11) is 1.54. The second kappa shape index (κ2) is 8.50. The Labute approximate surface area is 140 Å². The van der Waals surface area contributed by atoms with E-state index in [2.05, 4.69) is 5.32 Å². The lowest BCUT2D eigenvalue weighted by Gasteiger charge is -2.39. The van der Waals surface area contributed by atoms with Crippen molar-refractivity contribution in [1.29, 1.82) is 0 Å². The summed E-state index contributed by atoms with van der Waals surface area (Å²) in [5.74, 6) is -1.68. The summed E-state index contributed by atoms with van der Waals surface area (Å²) in [6.45, 7) is 3.06. The number of carbonyl (C=O) groups is 1. The van der Waals surface area contributed by atoms with Gasteiger partial charge in [-0.3, -0.25) is 4.79 Å². The van der Waals surface area contributed by atoms with Crippen LogP contribution in [0.2, 0.25) is 0 Å². The second-order valence-electron chi connectivity index (χ2n) is 5.81. The molecule has 2 rings (SSSR count). The van der Waals surface area contributed by atoms with Crippen molar-refractivity contribution >= 4 is 5.91 Å². The minimum atomic E-state index is -0.925. The zero-order valence-corrected chi connectivity index (χ0v) is 13.9. The number of halogens is 2. The normalized spacial score (nSPS) is 18.2. The number of carbonyl (C=O) groups excluding carboxylic acids is 1. The van der Waals surface area contributed by atoms with Crippen molar-refractivity contribution in [2.24, 2.45) is 0 Å². The highest BCUT2D eigenvalue weighted by Crippen LogP contribution is 2.34. The van der Waals surface area contributed by atoms with E-state index in [1.807, 2.05) is 0 Å². The molecule has 0 saturated carbocycles. The van der Waals surface area contributed by atoms with Crippen LogP contribution in [0.15, 0.2) is 18.2 Å². The maximum atomic E-state index is 14.3. The van der Waals surface area contributed by atoms with Gasteiger partial charge in [-0.25, -0.2) is 8.78 Å². The first-order chi connectivity index (χ1) is 11.5. The van der Waals surface area contributed by atoms with E-state index in [9.17, 15) is 13.6 Å². The maximum Gasteiger partial charge on any atom is 0.249 e. The van der Waals surface area contributed by atoms with Crippen LogP contribution in [0.25, 0.3) is 0 Å². The van der Waals surface area contributed by atoms with Crippen LogP contribution in [0.4, 0.5) is 8.78 Å². The molecule has 1 aromatic carbocycles. The zero-order valence-electron chi connectivity index (χ0n) is 13.9. The Morgan fingerprint density at radius 1 is 1.33 bits per heavy atom. The van der Waals surface area contributed by atoms with E-state index < -0.39 is 23.3 Å². The van der Waals surface area contributed by atoms with E-state index >= 15 is 0 Å². The summed E-state index contributed by atoms with van der Waals surface area (Å²) < 4.78 is 43.1. The Morgan fingerprint density at radius 3 is 2.67 bits per heavy atom. The van der Waals surface area contributed by atoms with Gasteiger partial charge in [-0.1, -0.05) is 6.07 Å². The Kier molecular flexibility index (Phi) is 6.65. The Hall–Kier alpha value is -1.57. The van der Waals surface area contributed by atoms with Gasteiger partial charge in [-0.05, 0) is 25.8 Å². The smallest absolute Gasteiger partial charge is 0.249 e. The molecule has 1 unspecified atom stereocenters. The number of ether oxygens (including phenoxy) is 3. The molecule has 0 radical (unpaired) electrons. The summed E-state index contributed by atoms with van der Waals surface area (Å²) in [6.07, 6.45) is 0.112. The summed E-state index contributed by atoms with van der Waals surface area (Å²) >= 11 is 0. The third-order valence-electron chi connectivity index (χ3n) is 4.18. The Morgan fingerprint density at radius 2 is 2.04 bits per heavy atom. The number of rotatable bonds is 7. The monoisotopic (exact) mass is 343 g/mol. The van der Waals surface area contributed by atoms with E-state index in [4.69, 9.17) is 14.2 Å². The van der Waals surface area contributed by atoms with Crippen LogP contribution in [0.5, 0.6) is 0 Å². The van der Waals surface area contributed by atoms with E-state index in [-0.39, 0.29) is 18.1 Å². The highest BCUT2D eigenvalue weighted by molar-refractivity contribution is 5.81. The fraction of sp³-hybridized carbons (Fsp3) is 0.588. The molecule has 1 fully saturated rings. The third-order valence-corrected chi connectivity index (χ3v) is 4.18. The Bertz CT molecular complexity index is 562. The van der Waals surface area contributed by atoms with Gasteiger partial charge in [-0.15, -0.1) is 0 Å². The molecule has 1 saturated heterocycles. The van der Waals surface area contributed by atoms with Gasteiger partial charge in [0, 0.05) is 32.0 Å². The first kappa shape index (κ1) is 18.8.